The number of hydrogen-bond acceptors (Lipinski definition) is 7. The van der Waals surface area contributed by atoms with Crippen molar-refractivity contribution < 1.29 is 23.7 Å². The zero-order valence-electron chi connectivity index (χ0n) is 17.0. The second kappa shape index (κ2) is 10.1. The van der Waals surface area contributed by atoms with Crippen molar-refractivity contribution >= 4 is 11.5 Å². The fraction of sp³-hybridized carbons (Fsp3) is 0.174. The summed E-state index contributed by atoms with van der Waals surface area (Å²) in [6.45, 7) is 2.06. The van der Waals surface area contributed by atoms with Crippen LogP contribution in [0, 0.1) is 0 Å². The van der Waals surface area contributed by atoms with Crippen LogP contribution in [-0.2, 0) is 20.7 Å². The standard InChI is InChI=1S/C23H22N2O5/c1-4-16-9-5-7-11-19(16)29-21-13-22(25-15-24-21)30-20-12-8-6-10-17(20)18(14-27-2)23(26)28-3/h5-15H,4H2,1-3H3/b18-14+. The van der Waals surface area contributed by atoms with Gasteiger partial charge in [-0.1, -0.05) is 43.3 Å². The Bertz CT molecular complexity index is 1050. The van der Waals surface area contributed by atoms with Crippen LogP contribution in [0.15, 0.2) is 67.2 Å². The summed E-state index contributed by atoms with van der Waals surface area (Å²) in [7, 11) is 2.76. The number of carbonyl (C=O) groups is 1. The van der Waals surface area contributed by atoms with Gasteiger partial charge in [-0.2, -0.15) is 0 Å². The largest absolute Gasteiger partial charge is 0.503 e. The minimum absolute atomic E-state index is 0.220. The Kier molecular flexibility index (Phi) is 7.00. The summed E-state index contributed by atoms with van der Waals surface area (Å²) in [6.07, 6.45) is 3.50. The zero-order chi connectivity index (χ0) is 21.3. The molecule has 0 N–H and O–H groups in total. The van der Waals surface area contributed by atoms with Crippen LogP contribution in [0.2, 0.25) is 0 Å². The number of carbonyl (C=O) groups excluding carboxylic acids is 1. The van der Waals surface area contributed by atoms with Gasteiger partial charge in [0.1, 0.15) is 23.4 Å². The Hall–Kier alpha value is -3.87. The van der Waals surface area contributed by atoms with Crippen molar-refractivity contribution in [2.45, 2.75) is 13.3 Å². The number of methoxy groups -OCH3 is 2. The van der Waals surface area contributed by atoms with Gasteiger partial charge < -0.3 is 18.9 Å². The molecular formula is C23H22N2O5. The molecule has 30 heavy (non-hydrogen) atoms. The van der Waals surface area contributed by atoms with Crippen LogP contribution in [0.1, 0.15) is 18.1 Å². The highest BCUT2D eigenvalue weighted by molar-refractivity contribution is 6.17. The highest BCUT2D eigenvalue weighted by atomic mass is 16.5. The predicted molar refractivity (Wildman–Crippen MR) is 111 cm³/mol. The van der Waals surface area contributed by atoms with E-state index in [1.54, 1.807) is 30.3 Å². The molecule has 0 amide bonds. The van der Waals surface area contributed by atoms with Crippen molar-refractivity contribution in [3.8, 4) is 23.3 Å². The fourth-order valence-electron chi connectivity index (χ4n) is 2.78. The Morgan fingerprint density at radius 3 is 2.23 bits per heavy atom. The van der Waals surface area contributed by atoms with Gasteiger partial charge in [0.15, 0.2) is 0 Å². The van der Waals surface area contributed by atoms with Crippen LogP contribution in [-0.4, -0.2) is 30.2 Å². The van der Waals surface area contributed by atoms with E-state index >= 15 is 0 Å². The first-order valence-electron chi connectivity index (χ1n) is 9.32. The summed E-state index contributed by atoms with van der Waals surface area (Å²) in [5, 5.41) is 0. The lowest BCUT2D eigenvalue weighted by Crippen LogP contribution is -2.06. The minimum Gasteiger partial charge on any atom is -0.503 e. The Morgan fingerprint density at radius 1 is 0.933 bits per heavy atom. The van der Waals surface area contributed by atoms with E-state index in [0.29, 0.717) is 17.2 Å². The van der Waals surface area contributed by atoms with Crippen molar-refractivity contribution in [2.75, 3.05) is 14.2 Å². The van der Waals surface area contributed by atoms with Crippen LogP contribution >= 0.6 is 0 Å². The highest BCUT2D eigenvalue weighted by Crippen LogP contribution is 2.32. The molecule has 0 spiro atoms. The number of hydrogen-bond donors (Lipinski definition) is 0. The second-order valence-corrected chi connectivity index (χ2v) is 6.11. The molecule has 0 aliphatic rings. The fourth-order valence-corrected chi connectivity index (χ4v) is 2.78. The smallest absolute Gasteiger partial charge is 0.341 e. The average molecular weight is 406 g/mol. The number of ether oxygens (including phenoxy) is 4. The van der Waals surface area contributed by atoms with Crippen LogP contribution < -0.4 is 9.47 Å². The molecule has 0 fully saturated rings. The van der Waals surface area contributed by atoms with Gasteiger partial charge >= 0.3 is 5.97 Å². The lowest BCUT2D eigenvalue weighted by molar-refractivity contribution is -0.133. The normalized spacial score (nSPS) is 11.0. The number of para-hydroxylation sites is 2. The maximum Gasteiger partial charge on any atom is 0.341 e. The molecule has 3 aromatic rings. The molecule has 0 bridgehead atoms. The maximum atomic E-state index is 12.2. The van der Waals surface area contributed by atoms with Crippen molar-refractivity contribution in [1.82, 2.24) is 9.97 Å². The van der Waals surface area contributed by atoms with Gasteiger partial charge in [-0.15, -0.1) is 0 Å². The predicted octanol–water partition coefficient (Wildman–Crippen LogP) is 4.78. The maximum absolute atomic E-state index is 12.2. The average Bonchev–Trinajstić information content (AvgIpc) is 2.78. The molecular weight excluding hydrogens is 384 g/mol. The van der Waals surface area contributed by atoms with E-state index in [4.69, 9.17) is 18.9 Å². The van der Waals surface area contributed by atoms with Gasteiger partial charge in [0.25, 0.3) is 0 Å². The molecule has 2 aromatic carbocycles. The molecule has 1 aromatic heterocycles. The number of aryl methyl sites for hydroxylation is 1. The Labute approximate surface area is 174 Å². The van der Waals surface area contributed by atoms with Crippen molar-refractivity contribution in [3.05, 3.63) is 78.3 Å². The molecule has 0 saturated carbocycles. The molecule has 1 heterocycles. The van der Waals surface area contributed by atoms with Crippen LogP contribution in [0.4, 0.5) is 0 Å². The first-order chi connectivity index (χ1) is 14.7. The van der Waals surface area contributed by atoms with Gasteiger partial charge in [-0.25, -0.2) is 14.8 Å². The number of nitrogens with zero attached hydrogens (tertiary/aromatic N) is 2. The van der Waals surface area contributed by atoms with Crippen molar-refractivity contribution in [3.63, 3.8) is 0 Å². The first kappa shape index (κ1) is 20.9. The molecule has 3 rings (SSSR count). The third kappa shape index (κ3) is 4.94. The lowest BCUT2D eigenvalue weighted by Gasteiger charge is -2.13. The monoisotopic (exact) mass is 406 g/mol. The number of benzene rings is 2. The zero-order valence-corrected chi connectivity index (χ0v) is 17.0. The van der Waals surface area contributed by atoms with Crippen LogP contribution in [0.3, 0.4) is 0 Å². The van der Waals surface area contributed by atoms with E-state index in [2.05, 4.69) is 16.9 Å². The summed E-state index contributed by atoms with van der Waals surface area (Å²) in [4.78, 5) is 20.5. The van der Waals surface area contributed by atoms with Gasteiger partial charge in [0.2, 0.25) is 11.8 Å². The van der Waals surface area contributed by atoms with E-state index in [1.165, 1.54) is 26.8 Å². The van der Waals surface area contributed by atoms with E-state index in [9.17, 15) is 4.79 Å². The molecule has 0 unspecified atom stereocenters. The summed E-state index contributed by atoms with van der Waals surface area (Å²) in [6, 6.07) is 16.4. The van der Waals surface area contributed by atoms with E-state index < -0.39 is 5.97 Å². The van der Waals surface area contributed by atoms with E-state index in [1.807, 2.05) is 24.3 Å². The summed E-state index contributed by atoms with van der Waals surface area (Å²) >= 11 is 0. The quantitative estimate of drug-likeness (QED) is 0.302. The number of rotatable bonds is 8. The molecule has 7 nitrogen and oxygen atoms in total. The Morgan fingerprint density at radius 2 is 1.57 bits per heavy atom. The molecule has 0 atom stereocenters. The SMILES string of the molecule is CCc1ccccc1Oc1cc(Oc2ccccc2/C(=C\OC)C(=O)OC)ncn1. The number of esters is 1. The van der Waals surface area contributed by atoms with Gasteiger partial charge in [0.05, 0.1) is 26.5 Å². The van der Waals surface area contributed by atoms with Gasteiger partial charge in [0, 0.05) is 5.56 Å². The minimum atomic E-state index is -0.546. The van der Waals surface area contributed by atoms with Crippen molar-refractivity contribution in [2.24, 2.45) is 0 Å². The molecule has 0 aliphatic carbocycles. The van der Waals surface area contributed by atoms with Crippen LogP contribution in [0.5, 0.6) is 23.3 Å². The Balaban J connectivity index is 1.89. The molecule has 154 valence electrons. The summed E-state index contributed by atoms with van der Waals surface area (Å²) in [5.74, 6) is 1.20. The third-order valence-electron chi connectivity index (χ3n) is 4.22. The first-order valence-corrected chi connectivity index (χ1v) is 9.32. The number of aromatic nitrogens is 2. The summed E-state index contributed by atoms with van der Waals surface area (Å²) in [5.41, 5.74) is 1.79. The third-order valence-corrected chi connectivity index (χ3v) is 4.22. The second-order valence-electron chi connectivity index (χ2n) is 6.11. The lowest BCUT2D eigenvalue weighted by atomic mass is 10.1. The molecule has 0 radical (unpaired) electrons. The highest BCUT2D eigenvalue weighted by Gasteiger charge is 2.18. The van der Waals surface area contributed by atoms with E-state index in [0.717, 1.165) is 17.7 Å². The topological polar surface area (TPSA) is 79.8 Å². The summed E-state index contributed by atoms with van der Waals surface area (Å²) < 4.78 is 21.7. The van der Waals surface area contributed by atoms with Gasteiger partial charge in [-0.3, -0.25) is 0 Å². The molecule has 7 heteroatoms. The van der Waals surface area contributed by atoms with Gasteiger partial charge in [-0.05, 0) is 24.1 Å². The molecule has 0 saturated heterocycles. The van der Waals surface area contributed by atoms with Crippen molar-refractivity contribution in [1.29, 1.82) is 0 Å². The van der Waals surface area contributed by atoms with Crippen LogP contribution in [0.25, 0.3) is 5.57 Å². The molecule has 0 aliphatic heterocycles. The van der Waals surface area contributed by atoms with E-state index in [-0.39, 0.29) is 11.5 Å².